The van der Waals surface area contributed by atoms with Crippen LogP contribution in [0.5, 0.6) is 0 Å². The van der Waals surface area contributed by atoms with E-state index in [9.17, 15) is 4.79 Å². The Kier molecular flexibility index (Phi) is 6.37. The molecule has 3 N–H and O–H groups in total. The van der Waals surface area contributed by atoms with Crippen LogP contribution < -0.4 is 11.3 Å². The largest absolute Gasteiger partial charge is 0.302 e. The fraction of sp³-hybridized carbons (Fsp3) is 0.267. The summed E-state index contributed by atoms with van der Waals surface area (Å²) in [7, 11) is 0. The lowest BCUT2D eigenvalue weighted by atomic mass is 10.2. The molecule has 8 heteroatoms. The summed E-state index contributed by atoms with van der Waals surface area (Å²) < 4.78 is 3.01. The molecular formula is C15H18BrN5OS. The Morgan fingerprint density at radius 1 is 1.39 bits per heavy atom. The lowest BCUT2D eigenvalue weighted by Crippen LogP contribution is -2.31. The van der Waals surface area contributed by atoms with E-state index >= 15 is 0 Å². The molecule has 2 rings (SSSR count). The number of nitrogens with two attached hydrogens (primary N) is 1. The van der Waals surface area contributed by atoms with Gasteiger partial charge in [0.1, 0.15) is 0 Å². The van der Waals surface area contributed by atoms with Gasteiger partial charge in [-0.1, -0.05) is 45.4 Å². The van der Waals surface area contributed by atoms with Crippen molar-refractivity contribution in [3.05, 3.63) is 40.9 Å². The van der Waals surface area contributed by atoms with E-state index in [0.29, 0.717) is 11.7 Å². The van der Waals surface area contributed by atoms with E-state index < -0.39 is 0 Å². The van der Waals surface area contributed by atoms with Crippen molar-refractivity contribution in [1.82, 2.24) is 20.2 Å². The van der Waals surface area contributed by atoms with E-state index in [0.717, 1.165) is 27.9 Å². The van der Waals surface area contributed by atoms with Crippen LogP contribution in [0.1, 0.15) is 13.3 Å². The molecule has 0 unspecified atom stereocenters. The Labute approximate surface area is 147 Å². The highest BCUT2D eigenvalue weighted by Gasteiger charge is 2.15. The highest BCUT2D eigenvalue weighted by molar-refractivity contribution is 9.10. The number of nitrogens with zero attached hydrogens (tertiary/aromatic N) is 3. The minimum atomic E-state index is -0.255. The molecule has 122 valence electrons. The summed E-state index contributed by atoms with van der Waals surface area (Å²) in [6, 6.07) is 7.88. The van der Waals surface area contributed by atoms with Crippen molar-refractivity contribution in [1.29, 1.82) is 0 Å². The van der Waals surface area contributed by atoms with Gasteiger partial charge in [0.15, 0.2) is 11.0 Å². The Bertz CT molecular complexity index is 698. The van der Waals surface area contributed by atoms with Gasteiger partial charge in [-0.25, -0.2) is 5.84 Å². The van der Waals surface area contributed by atoms with Crippen LogP contribution in [0.4, 0.5) is 0 Å². The fourth-order valence-corrected chi connectivity index (χ4v) is 2.92. The monoisotopic (exact) mass is 395 g/mol. The molecule has 1 heterocycles. The molecule has 0 radical (unpaired) electrons. The van der Waals surface area contributed by atoms with Gasteiger partial charge < -0.3 is 4.57 Å². The van der Waals surface area contributed by atoms with Crippen molar-refractivity contribution in [3.8, 4) is 11.4 Å². The van der Waals surface area contributed by atoms with Crippen molar-refractivity contribution in [2.24, 2.45) is 5.84 Å². The predicted molar refractivity (Wildman–Crippen MR) is 95.6 cm³/mol. The zero-order valence-corrected chi connectivity index (χ0v) is 15.2. The number of carbonyl (C=O) groups excluding carboxylic acids is 1. The van der Waals surface area contributed by atoms with Crippen molar-refractivity contribution in [2.75, 3.05) is 5.75 Å². The Morgan fingerprint density at radius 3 is 2.70 bits per heavy atom. The molecule has 0 spiro atoms. The lowest BCUT2D eigenvalue weighted by Gasteiger charge is -2.10. The lowest BCUT2D eigenvalue weighted by molar-refractivity contribution is -0.118. The summed E-state index contributed by atoms with van der Waals surface area (Å²) in [5, 5.41) is 9.18. The van der Waals surface area contributed by atoms with Gasteiger partial charge in [0, 0.05) is 16.6 Å². The van der Waals surface area contributed by atoms with Gasteiger partial charge in [-0.3, -0.25) is 10.2 Å². The molecule has 1 aromatic heterocycles. The maximum atomic E-state index is 11.3. The zero-order chi connectivity index (χ0) is 16.8. The van der Waals surface area contributed by atoms with E-state index in [-0.39, 0.29) is 11.7 Å². The minimum absolute atomic E-state index is 0.196. The first-order chi connectivity index (χ1) is 11.0. The Hall–Kier alpha value is -1.64. The number of hydrogen-bond acceptors (Lipinski definition) is 5. The molecule has 0 aliphatic heterocycles. The number of benzene rings is 1. The molecule has 0 atom stereocenters. The molecule has 0 aliphatic carbocycles. The van der Waals surface area contributed by atoms with Crippen LogP contribution in [0.2, 0.25) is 0 Å². The third kappa shape index (κ3) is 4.92. The first kappa shape index (κ1) is 17.7. The number of rotatable bonds is 7. The summed E-state index contributed by atoms with van der Waals surface area (Å²) in [6.45, 7) is 6.63. The second-order valence-corrected chi connectivity index (χ2v) is 6.89. The smallest absolute Gasteiger partial charge is 0.244 e. The van der Waals surface area contributed by atoms with Crippen LogP contribution in [0.3, 0.4) is 0 Å². The first-order valence-electron chi connectivity index (χ1n) is 6.97. The molecule has 0 fully saturated rings. The average molecular weight is 396 g/mol. The number of aromatic nitrogens is 3. The number of hydrazine groups is 1. The number of carbonyl (C=O) groups is 1. The van der Waals surface area contributed by atoms with E-state index in [1.165, 1.54) is 11.8 Å². The van der Waals surface area contributed by atoms with Crippen LogP contribution in [-0.2, 0) is 11.3 Å². The first-order valence-corrected chi connectivity index (χ1v) is 8.75. The molecular weight excluding hydrogens is 378 g/mol. The van der Waals surface area contributed by atoms with E-state index in [4.69, 9.17) is 5.84 Å². The molecule has 0 saturated carbocycles. The molecule has 6 nitrogen and oxygen atoms in total. The second-order valence-electron chi connectivity index (χ2n) is 5.03. The van der Waals surface area contributed by atoms with Crippen molar-refractivity contribution < 1.29 is 4.79 Å². The van der Waals surface area contributed by atoms with Gasteiger partial charge in [0.2, 0.25) is 5.91 Å². The van der Waals surface area contributed by atoms with Crippen LogP contribution >= 0.6 is 27.7 Å². The Morgan fingerprint density at radius 2 is 2.09 bits per heavy atom. The number of hydrogen-bond donors (Lipinski definition) is 2. The number of thioether (sulfide) groups is 1. The molecule has 0 saturated heterocycles. The standard InChI is InChI=1S/C15H18BrN5OS/c1-10(2)7-8-21-14(11-3-5-12(16)6-4-11)19-20-15(21)23-9-13(22)18-17/h3-6H,1,7-9,17H2,2H3,(H,18,22). The molecule has 1 aromatic carbocycles. The normalized spacial score (nSPS) is 10.6. The van der Waals surface area contributed by atoms with Gasteiger partial charge >= 0.3 is 0 Å². The highest BCUT2D eigenvalue weighted by atomic mass is 79.9. The van der Waals surface area contributed by atoms with Gasteiger partial charge in [0.25, 0.3) is 0 Å². The quantitative estimate of drug-likeness (QED) is 0.247. The summed E-state index contributed by atoms with van der Waals surface area (Å²) >= 11 is 4.73. The van der Waals surface area contributed by atoms with Crippen molar-refractivity contribution in [3.63, 3.8) is 0 Å². The SMILES string of the molecule is C=C(C)CCn1c(SCC(=O)NN)nnc1-c1ccc(Br)cc1. The van der Waals surface area contributed by atoms with Gasteiger partial charge in [-0.05, 0) is 25.5 Å². The van der Waals surface area contributed by atoms with Crippen molar-refractivity contribution in [2.45, 2.75) is 25.0 Å². The molecule has 2 aromatic rings. The summed E-state index contributed by atoms with van der Waals surface area (Å²) in [5.41, 5.74) is 4.16. The van der Waals surface area contributed by atoms with E-state index in [2.05, 4.69) is 38.1 Å². The van der Waals surface area contributed by atoms with Gasteiger partial charge in [-0.2, -0.15) is 0 Å². The number of allylic oxidation sites excluding steroid dienone is 1. The second kappa shape index (κ2) is 8.28. The van der Waals surface area contributed by atoms with E-state index in [1.54, 1.807) is 0 Å². The Balaban J connectivity index is 2.29. The summed E-state index contributed by atoms with van der Waals surface area (Å²) in [6.07, 6.45) is 0.818. The van der Waals surface area contributed by atoms with Crippen LogP contribution in [0, 0.1) is 0 Å². The van der Waals surface area contributed by atoms with Gasteiger partial charge in [0.05, 0.1) is 5.75 Å². The number of halogens is 1. The predicted octanol–water partition coefficient (Wildman–Crippen LogP) is 2.76. The van der Waals surface area contributed by atoms with Crippen molar-refractivity contribution >= 4 is 33.6 Å². The van der Waals surface area contributed by atoms with Crippen LogP contribution in [-0.4, -0.2) is 26.4 Å². The fourth-order valence-electron chi connectivity index (χ4n) is 1.88. The zero-order valence-electron chi connectivity index (χ0n) is 12.8. The summed E-state index contributed by atoms with van der Waals surface area (Å²) in [4.78, 5) is 11.3. The molecule has 1 amide bonds. The van der Waals surface area contributed by atoms with Crippen LogP contribution in [0.15, 0.2) is 46.0 Å². The molecule has 0 aliphatic rings. The average Bonchev–Trinajstić information content (AvgIpc) is 2.94. The highest BCUT2D eigenvalue weighted by Crippen LogP contribution is 2.26. The molecule has 23 heavy (non-hydrogen) atoms. The minimum Gasteiger partial charge on any atom is -0.302 e. The maximum absolute atomic E-state index is 11.3. The van der Waals surface area contributed by atoms with Gasteiger partial charge in [-0.15, -0.1) is 16.8 Å². The maximum Gasteiger partial charge on any atom is 0.244 e. The number of nitrogens with one attached hydrogen (secondary N) is 1. The third-order valence-corrected chi connectivity index (χ3v) is 4.57. The topological polar surface area (TPSA) is 85.8 Å². The number of amides is 1. The summed E-state index contributed by atoms with van der Waals surface area (Å²) in [5.74, 6) is 5.83. The van der Waals surface area contributed by atoms with E-state index in [1.807, 2.05) is 35.8 Å². The third-order valence-electron chi connectivity index (χ3n) is 3.07. The molecule has 0 bridgehead atoms. The van der Waals surface area contributed by atoms with Crippen LogP contribution in [0.25, 0.3) is 11.4 Å².